The topological polar surface area (TPSA) is 54.2 Å². The summed E-state index contributed by atoms with van der Waals surface area (Å²) in [6.45, 7) is 7.33. The zero-order valence-corrected chi connectivity index (χ0v) is 15.4. The van der Waals surface area contributed by atoms with Gasteiger partial charge in [0.15, 0.2) is 5.96 Å². The van der Waals surface area contributed by atoms with Gasteiger partial charge in [0.05, 0.1) is 18.3 Å². The number of hydrogen-bond acceptors (Lipinski definition) is 2. The molecule has 1 heterocycles. The second kappa shape index (κ2) is 8.52. The average molecular weight is 327 g/mol. The lowest BCUT2D eigenvalue weighted by molar-refractivity contribution is 0.644. The Bertz CT molecular complexity index is 655. The Morgan fingerprint density at radius 3 is 2.42 bits per heavy atom. The van der Waals surface area contributed by atoms with E-state index < -0.39 is 0 Å². The molecule has 0 saturated carbocycles. The molecule has 1 unspecified atom stereocenters. The second-order valence-corrected chi connectivity index (χ2v) is 6.58. The Labute approximate surface area is 145 Å². The Morgan fingerprint density at radius 1 is 1.17 bits per heavy atom. The van der Waals surface area contributed by atoms with Crippen molar-refractivity contribution < 1.29 is 0 Å². The summed E-state index contributed by atoms with van der Waals surface area (Å²) >= 11 is 0. The minimum absolute atomic E-state index is 0.191. The summed E-state index contributed by atoms with van der Waals surface area (Å²) in [5.41, 5.74) is 3.76. The molecule has 130 valence electrons. The van der Waals surface area contributed by atoms with Crippen LogP contribution in [-0.2, 0) is 20.0 Å². The largest absolute Gasteiger partial charge is 0.351 e. The third kappa shape index (κ3) is 5.11. The molecule has 0 aliphatic rings. The second-order valence-electron chi connectivity index (χ2n) is 6.58. The first-order valence-electron chi connectivity index (χ1n) is 8.52. The van der Waals surface area contributed by atoms with Crippen LogP contribution in [0.25, 0.3) is 0 Å². The van der Waals surface area contributed by atoms with Gasteiger partial charge in [0.1, 0.15) is 0 Å². The lowest BCUT2D eigenvalue weighted by Gasteiger charge is -2.19. The summed E-state index contributed by atoms with van der Waals surface area (Å²) in [5, 5.41) is 10.9. The van der Waals surface area contributed by atoms with E-state index >= 15 is 0 Å². The quantitative estimate of drug-likeness (QED) is 0.633. The highest BCUT2D eigenvalue weighted by atomic mass is 15.3. The first-order chi connectivity index (χ1) is 11.5. The van der Waals surface area contributed by atoms with Crippen LogP contribution in [0.2, 0.25) is 0 Å². The van der Waals surface area contributed by atoms with Gasteiger partial charge in [-0.2, -0.15) is 5.10 Å². The Hall–Kier alpha value is -2.30. The standard InChI is InChI=1S/C19H29N5/c1-14(2)12-16-6-8-17(9-7-16)15(3)23-19(20-4)21-13-18-10-11-22-24(18)5/h6-11,14-15H,12-13H2,1-5H3,(H2,20,21,23). The van der Waals surface area contributed by atoms with Crippen molar-refractivity contribution in [2.75, 3.05) is 7.05 Å². The van der Waals surface area contributed by atoms with Gasteiger partial charge in [-0.25, -0.2) is 0 Å². The van der Waals surface area contributed by atoms with Gasteiger partial charge in [0.25, 0.3) is 0 Å². The van der Waals surface area contributed by atoms with Crippen LogP contribution >= 0.6 is 0 Å². The first kappa shape index (κ1) is 18.0. The van der Waals surface area contributed by atoms with E-state index in [2.05, 4.69) is 65.8 Å². The highest BCUT2D eigenvalue weighted by Gasteiger charge is 2.09. The molecule has 5 nitrogen and oxygen atoms in total. The molecule has 0 aliphatic heterocycles. The van der Waals surface area contributed by atoms with Crippen LogP contribution in [0, 0.1) is 5.92 Å². The fourth-order valence-electron chi connectivity index (χ4n) is 2.65. The van der Waals surface area contributed by atoms with E-state index in [1.807, 2.05) is 17.8 Å². The van der Waals surface area contributed by atoms with Gasteiger partial charge in [-0.15, -0.1) is 0 Å². The molecule has 0 amide bonds. The minimum atomic E-state index is 0.191. The lowest BCUT2D eigenvalue weighted by atomic mass is 10.00. The van der Waals surface area contributed by atoms with E-state index in [1.54, 1.807) is 13.2 Å². The third-order valence-corrected chi connectivity index (χ3v) is 4.06. The molecule has 1 aromatic carbocycles. The van der Waals surface area contributed by atoms with E-state index in [0.29, 0.717) is 12.5 Å². The zero-order chi connectivity index (χ0) is 17.5. The number of aliphatic imine (C=N–C) groups is 1. The fourth-order valence-corrected chi connectivity index (χ4v) is 2.65. The molecule has 1 aromatic heterocycles. The van der Waals surface area contributed by atoms with Crippen molar-refractivity contribution in [3.05, 3.63) is 53.3 Å². The van der Waals surface area contributed by atoms with Crippen molar-refractivity contribution in [1.82, 2.24) is 20.4 Å². The van der Waals surface area contributed by atoms with Gasteiger partial charge in [0.2, 0.25) is 0 Å². The predicted octanol–water partition coefficient (Wildman–Crippen LogP) is 3.04. The van der Waals surface area contributed by atoms with Crippen molar-refractivity contribution in [1.29, 1.82) is 0 Å². The zero-order valence-electron chi connectivity index (χ0n) is 15.4. The smallest absolute Gasteiger partial charge is 0.191 e. The maximum absolute atomic E-state index is 4.30. The summed E-state index contributed by atoms with van der Waals surface area (Å²) in [4.78, 5) is 4.30. The number of aryl methyl sites for hydroxylation is 1. The van der Waals surface area contributed by atoms with E-state index in [-0.39, 0.29) is 6.04 Å². The van der Waals surface area contributed by atoms with Crippen LogP contribution in [0.1, 0.15) is 43.6 Å². The molecular weight excluding hydrogens is 298 g/mol. The molecule has 2 aromatic rings. The van der Waals surface area contributed by atoms with Gasteiger partial charge in [-0.1, -0.05) is 38.1 Å². The molecule has 0 fully saturated rings. The van der Waals surface area contributed by atoms with E-state index in [4.69, 9.17) is 0 Å². The molecule has 2 rings (SSSR count). The molecule has 0 bridgehead atoms. The molecular formula is C19H29N5. The molecule has 0 aliphatic carbocycles. The molecule has 0 radical (unpaired) electrons. The first-order valence-corrected chi connectivity index (χ1v) is 8.52. The Morgan fingerprint density at radius 2 is 1.88 bits per heavy atom. The maximum Gasteiger partial charge on any atom is 0.191 e. The van der Waals surface area contributed by atoms with Gasteiger partial charge >= 0.3 is 0 Å². The number of hydrogen-bond donors (Lipinski definition) is 2. The molecule has 0 spiro atoms. The van der Waals surface area contributed by atoms with E-state index in [9.17, 15) is 0 Å². The normalized spacial score (nSPS) is 13.2. The number of aromatic nitrogens is 2. The number of guanidine groups is 1. The number of nitrogens with zero attached hydrogens (tertiary/aromatic N) is 3. The lowest BCUT2D eigenvalue weighted by Crippen LogP contribution is -2.38. The Kier molecular flexibility index (Phi) is 6.41. The summed E-state index contributed by atoms with van der Waals surface area (Å²) < 4.78 is 1.86. The summed E-state index contributed by atoms with van der Waals surface area (Å²) in [6.07, 6.45) is 2.92. The molecule has 24 heavy (non-hydrogen) atoms. The van der Waals surface area contributed by atoms with Gasteiger partial charge in [-0.05, 0) is 36.5 Å². The van der Waals surface area contributed by atoms with Crippen molar-refractivity contribution in [2.45, 2.75) is 39.8 Å². The number of benzene rings is 1. The van der Waals surface area contributed by atoms with Crippen LogP contribution in [0.15, 0.2) is 41.5 Å². The van der Waals surface area contributed by atoms with E-state index in [0.717, 1.165) is 18.1 Å². The highest BCUT2D eigenvalue weighted by Crippen LogP contribution is 2.15. The van der Waals surface area contributed by atoms with Crippen molar-refractivity contribution in [3.63, 3.8) is 0 Å². The summed E-state index contributed by atoms with van der Waals surface area (Å²) in [5.74, 6) is 1.47. The predicted molar refractivity (Wildman–Crippen MR) is 99.9 cm³/mol. The van der Waals surface area contributed by atoms with Crippen LogP contribution in [0.4, 0.5) is 0 Å². The van der Waals surface area contributed by atoms with Gasteiger partial charge in [0, 0.05) is 20.3 Å². The van der Waals surface area contributed by atoms with Gasteiger partial charge in [-0.3, -0.25) is 9.67 Å². The number of rotatable bonds is 6. The molecule has 5 heteroatoms. The van der Waals surface area contributed by atoms with Crippen molar-refractivity contribution in [2.24, 2.45) is 18.0 Å². The third-order valence-electron chi connectivity index (χ3n) is 4.06. The highest BCUT2D eigenvalue weighted by molar-refractivity contribution is 5.80. The monoisotopic (exact) mass is 327 g/mol. The van der Waals surface area contributed by atoms with Crippen LogP contribution in [0.5, 0.6) is 0 Å². The van der Waals surface area contributed by atoms with Crippen LogP contribution < -0.4 is 10.6 Å². The van der Waals surface area contributed by atoms with Crippen LogP contribution in [-0.4, -0.2) is 22.8 Å². The van der Waals surface area contributed by atoms with Gasteiger partial charge < -0.3 is 10.6 Å². The Balaban J connectivity index is 1.91. The van der Waals surface area contributed by atoms with Crippen molar-refractivity contribution >= 4 is 5.96 Å². The minimum Gasteiger partial charge on any atom is -0.351 e. The molecule has 2 N–H and O–H groups in total. The summed E-state index contributed by atoms with van der Waals surface area (Å²) in [7, 11) is 3.73. The van der Waals surface area contributed by atoms with Crippen molar-refractivity contribution in [3.8, 4) is 0 Å². The van der Waals surface area contributed by atoms with Crippen LogP contribution in [0.3, 0.4) is 0 Å². The summed E-state index contributed by atoms with van der Waals surface area (Å²) in [6, 6.07) is 11.0. The van der Waals surface area contributed by atoms with E-state index in [1.165, 1.54) is 11.1 Å². The molecule has 0 saturated heterocycles. The maximum atomic E-state index is 4.30. The average Bonchev–Trinajstić information content (AvgIpc) is 2.96. The number of nitrogens with one attached hydrogen (secondary N) is 2. The fraction of sp³-hybridized carbons (Fsp3) is 0.474. The molecule has 1 atom stereocenters. The SMILES string of the molecule is CN=C(NCc1ccnn1C)NC(C)c1ccc(CC(C)C)cc1.